The Morgan fingerprint density at radius 2 is 2.32 bits per heavy atom. The van der Waals surface area contributed by atoms with Gasteiger partial charge in [-0.3, -0.25) is 4.79 Å². The van der Waals surface area contributed by atoms with Crippen molar-refractivity contribution < 1.29 is 4.79 Å². The number of amides is 1. The number of benzene rings is 1. The van der Waals surface area contributed by atoms with Gasteiger partial charge in [0.25, 0.3) is 0 Å². The molecular formula is C14H20Cl2N2O. The Hall–Kier alpha value is -0.770. The molecule has 1 saturated heterocycles. The number of hydrogen-bond donors (Lipinski definition) is 2. The summed E-state index contributed by atoms with van der Waals surface area (Å²) in [4.78, 5) is 12.1. The average molecular weight is 303 g/mol. The van der Waals surface area contributed by atoms with Crippen LogP contribution in [0, 0.1) is 5.92 Å². The molecule has 0 spiro atoms. The van der Waals surface area contributed by atoms with Gasteiger partial charge in [0.1, 0.15) is 0 Å². The quantitative estimate of drug-likeness (QED) is 0.901. The Morgan fingerprint density at radius 1 is 1.53 bits per heavy atom. The second-order valence-corrected chi connectivity index (χ2v) is 5.26. The van der Waals surface area contributed by atoms with E-state index in [1.54, 1.807) is 0 Å². The van der Waals surface area contributed by atoms with E-state index < -0.39 is 0 Å². The molecule has 2 rings (SSSR count). The van der Waals surface area contributed by atoms with E-state index >= 15 is 0 Å². The number of hydrogen-bond acceptors (Lipinski definition) is 2. The number of piperidine rings is 1. The summed E-state index contributed by atoms with van der Waals surface area (Å²) in [5, 5.41) is 7.01. The first-order valence-electron chi connectivity index (χ1n) is 6.43. The topological polar surface area (TPSA) is 41.1 Å². The number of carbonyl (C=O) groups is 1. The molecule has 106 valence electrons. The van der Waals surface area contributed by atoms with Gasteiger partial charge in [0.2, 0.25) is 5.91 Å². The highest BCUT2D eigenvalue weighted by Crippen LogP contribution is 2.18. The monoisotopic (exact) mass is 302 g/mol. The summed E-state index contributed by atoms with van der Waals surface area (Å²) in [6.07, 6.45) is 2.05. The van der Waals surface area contributed by atoms with E-state index in [9.17, 15) is 4.79 Å². The van der Waals surface area contributed by atoms with Gasteiger partial charge in [0, 0.05) is 11.6 Å². The van der Waals surface area contributed by atoms with Crippen LogP contribution in [0.2, 0.25) is 5.02 Å². The Morgan fingerprint density at radius 3 is 2.95 bits per heavy atom. The van der Waals surface area contributed by atoms with Gasteiger partial charge in [-0.2, -0.15) is 0 Å². The summed E-state index contributed by atoms with van der Waals surface area (Å²) in [5.41, 5.74) is 1.04. The largest absolute Gasteiger partial charge is 0.349 e. The molecule has 1 aromatic carbocycles. The minimum absolute atomic E-state index is 0. The first kappa shape index (κ1) is 16.3. The third kappa shape index (κ3) is 4.68. The molecule has 1 aromatic rings. The number of nitrogens with one attached hydrogen (secondary N) is 2. The van der Waals surface area contributed by atoms with Gasteiger partial charge < -0.3 is 10.6 Å². The van der Waals surface area contributed by atoms with Gasteiger partial charge in [-0.15, -0.1) is 12.4 Å². The van der Waals surface area contributed by atoms with Crippen molar-refractivity contribution in [2.45, 2.75) is 25.8 Å². The van der Waals surface area contributed by atoms with Gasteiger partial charge in [0.15, 0.2) is 0 Å². The fourth-order valence-corrected chi connectivity index (χ4v) is 2.46. The van der Waals surface area contributed by atoms with Gasteiger partial charge >= 0.3 is 0 Å². The van der Waals surface area contributed by atoms with Crippen LogP contribution in [0.5, 0.6) is 0 Å². The molecule has 2 atom stereocenters. The molecule has 0 radical (unpaired) electrons. The molecule has 3 nitrogen and oxygen atoms in total. The molecule has 0 bridgehead atoms. The lowest BCUT2D eigenvalue weighted by molar-refractivity contribution is -0.126. The van der Waals surface area contributed by atoms with Crippen LogP contribution >= 0.6 is 24.0 Å². The maximum Gasteiger partial charge on any atom is 0.224 e. The molecule has 1 amide bonds. The maximum absolute atomic E-state index is 12.1. The van der Waals surface area contributed by atoms with Crippen LogP contribution in [0.15, 0.2) is 24.3 Å². The van der Waals surface area contributed by atoms with E-state index in [4.69, 9.17) is 11.6 Å². The van der Waals surface area contributed by atoms with Crippen molar-refractivity contribution in [3.05, 3.63) is 34.9 Å². The molecular weight excluding hydrogens is 283 g/mol. The van der Waals surface area contributed by atoms with Gasteiger partial charge in [-0.1, -0.05) is 23.7 Å². The standard InChI is InChI=1S/C14H19ClN2O.ClH/c1-10(11-4-2-6-13(15)8-11)17-14(18)12-5-3-7-16-9-12;/h2,4,6,8,10,12,16H,3,5,7,9H2,1H3,(H,17,18);1H. The van der Waals surface area contributed by atoms with E-state index in [1.165, 1.54) is 0 Å². The van der Waals surface area contributed by atoms with E-state index in [-0.39, 0.29) is 30.3 Å². The highest BCUT2D eigenvalue weighted by molar-refractivity contribution is 6.30. The van der Waals surface area contributed by atoms with Crippen LogP contribution in [0.1, 0.15) is 31.4 Å². The Labute approximate surface area is 125 Å². The second-order valence-electron chi connectivity index (χ2n) is 4.83. The minimum atomic E-state index is -0.00173. The molecule has 0 aliphatic carbocycles. The lowest BCUT2D eigenvalue weighted by Gasteiger charge is -2.24. The molecule has 1 aliphatic rings. The maximum atomic E-state index is 12.1. The number of carbonyl (C=O) groups excluding carboxylic acids is 1. The lowest BCUT2D eigenvalue weighted by atomic mass is 9.98. The van der Waals surface area contributed by atoms with E-state index in [1.807, 2.05) is 31.2 Å². The lowest BCUT2D eigenvalue weighted by Crippen LogP contribution is -2.41. The van der Waals surface area contributed by atoms with Crippen LogP contribution in [-0.2, 0) is 4.79 Å². The summed E-state index contributed by atoms with van der Waals surface area (Å²) < 4.78 is 0. The van der Waals surface area contributed by atoms with Crippen LogP contribution in [-0.4, -0.2) is 19.0 Å². The summed E-state index contributed by atoms with van der Waals surface area (Å²) in [7, 11) is 0. The van der Waals surface area contributed by atoms with Crippen molar-refractivity contribution in [1.82, 2.24) is 10.6 Å². The summed E-state index contributed by atoms with van der Waals surface area (Å²) in [6, 6.07) is 7.62. The smallest absolute Gasteiger partial charge is 0.224 e. The third-order valence-corrected chi connectivity index (χ3v) is 3.61. The van der Waals surface area contributed by atoms with Crippen LogP contribution in [0.3, 0.4) is 0 Å². The molecule has 2 unspecified atom stereocenters. The first-order chi connectivity index (χ1) is 8.66. The zero-order valence-electron chi connectivity index (χ0n) is 11.0. The Bertz CT molecular complexity index is 420. The predicted molar refractivity (Wildman–Crippen MR) is 80.9 cm³/mol. The number of halogens is 2. The minimum Gasteiger partial charge on any atom is -0.349 e. The van der Waals surface area contributed by atoms with Gasteiger partial charge in [-0.05, 0) is 44.0 Å². The SMILES string of the molecule is CC(NC(=O)C1CCCNC1)c1cccc(Cl)c1.Cl. The molecule has 5 heteroatoms. The highest BCUT2D eigenvalue weighted by atomic mass is 35.5. The zero-order valence-corrected chi connectivity index (χ0v) is 12.6. The summed E-state index contributed by atoms with van der Waals surface area (Å²) in [5.74, 6) is 0.232. The van der Waals surface area contributed by atoms with E-state index in [0.717, 1.165) is 31.5 Å². The van der Waals surface area contributed by atoms with Crippen molar-refractivity contribution in [3.63, 3.8) is 0 Å². The Balaban J connectivity index is 0.00000180. The fourth-order valence-electron chi connectivity index (χ4n) is 2.27. The third-order valence-electron chi connectivity index (χ3n) is 3.38. The van der Waals surface area contributed by atoms with Crippen molar-refractivity contribution in [2.75, 3.05) is 13.1 Å². The average Bonchev–Trinajstić information content (AvgIpc) is 2.39. The van der Waals surface area contributed by atoms with E-state index in [0.29, 0.717) is 5.02 Å². The molecule has 19 heavy (non-hydrogen) atoms. The fraction of sp³-hybridized carbons (Fsp3) is 0.500. The molecule has 0 aromatic heterocycles. The molecule has 1 aliphatic heterocycles. The van der Waals surface area contributed by atoms with Gasteiger partial charge in [-0.25, -0.2) is 0 Å². The summed E-state index contributed by atoms with van der Waals surface area (Å²) >= 11 is 5.95. The van der Waals surface area contributed by atoms with Crippen LogP contribution in [0.25, 0.3) is 0 Å². The van der Waals surface area contributed by atoms with Gasteiger partial charge in [0.05, 0.1) is 12.0 Å². The summed E-state index contributed by atoms with van der Waals surface area (Å²) in [6.45, 7) is 3.79. The second kappa shape index (κ2) is 7.73. The van der Waals surface area contributed by atoms with Crippen molar-refractivity contribution >= 4 is 29.9 Å². The molecule has 1 fully saturated rings. The first-order valence-corrected chi connectivity index (χ1v) is 6.81. The van der Waals surface area contributed by atoms with E-state index in [2.05, 4.69) is 10.6 Å². The van der Waals surface area contributed by atoms with Crippen LogP contribution in [0.4, 0.5) is 0 Å². The highest BCUT2D eigenvalue weighted by Gasteiger charge is 2.22. The molecule has 1 heterocycles. The van der Waals surface area contributed by atoms with Crippen molar-refractivity contribution in [3.8, 4) is 0 Å². The predicted octanol–water partition coefficient (Wildman–Crippen LogP) is 2.94. The molecule has 2 N–H and O–H groups in total. The van der Waals surface area contributed by atoms with Crippen molar-refractivity contribution in [2.24, 2.45) is 5.92 Å². The normalized spacial score (nSPS) is 20.2. The van der Waals surface area contributed by atoms with Crippen LogP contribution < -0.4 is 10.6 Å². The van der Waals surface area contributed by atoms with Crippen molar-refractivity contribution in [1.29, 1.82) is 0 Å². The zero-order chi connectivity index (χ0) is 13.0. The Kier molecular flexibility index (Phi) is 6.63. The number of rotatable bonds is 3. The molecule has 0 saturated carbocycles.